The summed E-state index contributed by atoms with van der Waals surface area (Å²) in [6.07, 6.45) is 0. The van der Waals surface area contributed by atoms with E-state index in [2.05, 4.69) is 10.2 Å². The molecule has 21 heavy (non-hydrogen) atoms. The first-order valence-electron chi connectivity index (χ1n) is 6.52. The van der Waals surface area contributed by atoms with Gasteiger partial charge in [0.15, 0.2) is 10.9 Å². The largest absolute Gasteiger partial charge is 0.496 e. The van der Waals surface area contributed by atoms with Crippen LogP contribution in [0.5, 0.6) is 5.75 Å². The Labute approximate surface area is 126 Å². The summed E-state index contributed by atoms with van der Waals surface area (Å²) in [6.45, 7) is 3.97. The number of hydrogen-bond donors (Lipinski definition) is 1. The van der Waals surface area contributed by atoms with Gasteiger partial charge in [-0.25, -0.2) is 9.89 Å². The van der Waals surface area contributed by atoms with Gasteiger partial charge in [-0.05, 0) is 32.0 Å². The average molecular weight is 307 g/mol. The second-order valence-electron chi connectivity index (χ2n) is 4.43. The highest BCUT2D eigenvalue weighted by Crippen LogP contribution is 2.27. The van der Waals surface area contributed by atoms with E-state index in [-0.39, 0.29) is 11.5 Å². The van der Waals surface area contributed by atoms with Crippen LogP contribution in [-0.4, -0.2) is 27.7 Å². The van der Waals surface area contributed by atoms with Crippen LogP contribution in [0.1, 0.15) is 29.8 Å². The molecular formula is C14H17N3O3S. The lowest BCUT2D eigenvalue weighted by atomic mass is 10.1. The fraction of sp³-hybridized carbons (Fsp3) is 0.357. The molecule has 7 heteroatoms. The van der Waals surface area contributed by atoms with Crippen molar-refractivity contribution >= 4 is 17.5 Å². The zero-order valence-corrected chi connectivity index (χ0v) is 13.0. The Morgan fingerprint density at radius 1 is 1.48 bits per heavy atom. The number of hydrogen-bond acceptors (Lipinski definition) is 5. The number of aromatic nitrogens is 3. The number of nitrogens with one attached hydrogen (secondary N) is 1. The molecule has 0 saturated carbocycles. The smallest absolute Gasteiger partial charge is 0.343 e. The van der Waals surface area contributed by atoms with Gasteiger partial charge in [0.25, 0.3) is 0 Å². The molecule has 0 aliphatic heterocycles. The number of aromatic amines is 1. The third-order valence-corrected chi connectivity index (χ3v) is 4.11. The molecule has 0 aliphatic rings. The van der Waals surface area contributed by atoms with Gasteiger partial charge in [-0.1, -0.05) is 11.8 Å². The SMILES string of the molecule is CCn1c(SCc2cc(C(C)=O)ccc2OC)n[nH]c1=O. The van der Waals surface area contributed by atoms with E-state index >= 15 is 0 Å². The molecule has 1 aromatic carbocycles. The Kier molecular flexibility index (Phi) is 4.85. The van der Waals surface area contributed by atoms with Crippen LogP contribution in [-0.2, 0) is 12.3 Å². The van der Waals surface area contributed by atoms with E-state index in [0.717, 1.165) is 5.56 Å². The summed E-state index contributed by atoms with van der Waals surface area (Å²) >= 11 is 1.42. The highest BCUT2D eigenvalue weighted by atomic mass is 32.2. The molecule has 1 N–H and O–H groups in total. The Morgan fingerprint density at radius 3 is 2.86 bits per heavy atom. The van der Waals surface area contributed by atoms with E-state index in [4.69, 9.17) is 4.74 Å². The fourth-order valence-electron chi connectivity index (χ4n) is 1.94. The number of rotatable bonds is 6. The van der Waals surface area contributed by atoms with Crippen molar-refractivity contribution in [2.75, 3.05) is 7.11 Å². The summed E-state index contributed by atoms with van der Waals surface area (Å²) in [4.78, 5) is 23.0. The quantitative estimate of drug-likeness (QED) is 0.653. The van der Waals surface area contributed by atoms with Crippen LogP contribution in [0.3, 0.4) is 0 Å². The van der Waals surface area contributed by atoms with Gasteiger partial charge < -0.3 is 4.74 Å². The number of methoxy groups -OCH3 is 1. The number of thioether (sulfide) groups is 1. The van der Waals surface area contributed by atoms with Crippen LogP contribution in [0, 0.1) is 0 Å². The minimum atomic E-state index is -0.218. The molecule has 1 heterocycles. The summed E-state index contributed by atoms with van der Waals surface area (Å²) < 4.78 is 6.87. The van der Waals surface area contributed by atoms with Crippen LogP contribution in [0.2, 0.25) is 0 Å². The number of nitrogens with zero attached hydrogens (tertiary/aromatic N) is 2. The van der Waals surface area contributed by atoms with Crippen molar-refractivity contribution in [2.24, 2.45) is 0 Å². The van der Waals surface area contributed by atoms with Crippen LogP contribution in [0.4, 0.5) is 0 Å². The van der Waals surface area contributed by atoms with Gasteiger partial charge in [-0.3, -0.25) is 9.36 Å². The number of ketones is 1. The second-order valence-corrected chi connectivity index (χ2v) is 5.37. The Bertz CT molecular complexity index is 706. The van der Waals surface area contributed by atoms with Crippen molar-refractivity contribution in [3.63, 3.8) is 0 Å². The Balaban J connectivity index is 2.24. The molecule has 2 rings (SSSR count). The maximum atomic E-state index is 11.5. The number of Topliss-reactive ketones (excluding diaryl/α,β-unsaturated/α-hetero) is 1. The molecule has 0 spiro atoms. The number of H-pyrrole nitrogens is 1. The van der Waals surface area contributed by atoms with E-state index in [1.807, 2.05) is 13.0 Å². The third kappa shape index (κ3) is 3.36. The molecule has 6 nitrogen and oxygen atoms in total. The molecule has 0 aliphatic carbocycles. The predicted molar refractivity (Wildman–Crippen MR) is 81.1 cm³/mol. The number of benzene rings is 1. The second kappa shape index (κ2) is 6.62. The van der Waals surface area contributed by atoms with Crippen LogP contribution >= 0.6 is 11.8 Å². The minimum Gasteiger partial charge on any atom is -0.496 e. The maximum Gasteiger partial charge on any atom is 0.343 e. The van der Waals surface area contributed by atoms with Gasteiger partial charge in [0.1, 0.15) is 5.75 Å². The van der Waals surface area contributed by atoms with Gasteiger partial charge in [-0.2, -0.15) is 0 Å². The van der Waals surface area contributed by atoms with Crippen molar-refractivity contribution in [2.45, 2.75) is 31.3 Å². The number of carbonyl (C=O) groups is 1. The van der Waals surface area contributed by atoms with Crippen LogP contribution < -0.4 is 10.4 Å². The van der Waals surface area contributed by atoms with Crippen LogP contribution in [0.15, 0.2) is 28.2 Å². The molecule has 2 aromatic rings. The number of ether oxygens (including phenoxy) is 1. The molecule has 0 fully saturated rings. The van der Waals surface area contributed by atoms with E-state index in [1.165, 1.54) is 18.7 Å². The van der Waals surface area contributed by atoms with Gasteiger partial charge in [0.2, 0.25) is 0 Å². The lowest BCUT2D eigenvalue weighted by molar-refractivity contribution is 0.101. The lowest BCUT2D eigenvalue weighted by Gasteiger charge is -2.09. The molecule has 0 unspecified atom stereocenters. The zero-order chi connectivity index (χ0) is 15.4. The first-order valence-corrected chi connectivity index (χ1v) is 7.51. The molecule has 0 saturated heterocycles. The van der Waals surface area contributed by atoms with E-state index in [1.54, 1.807) is 23.8 Å². The third-order valence-electron chi connectivity index (χ3n) is 3.08. The average Bonchev–Trinajstić information content (AvgIpc) is 2.84. The first-order chi connectivity index (χ1) is 10.1. The standard InChI is InChI=1S/C14H17N3O3S/c1-4-17-13(19)15-16-14(17)21-8-11-7-10(9(2)18)5-6-12(11)20-3/h5-7H,4,8H2,1-3H3,(H,15,19). The molecular weight excluding hydrogens is 290 g/mol. The van der Waals surface area contributed by atoms with Gasteiger partial charge >= 0.3 is 5.69 Å². The summed E-state index contributed by atoms with van der Waals surface area (Å²) in [6, 6.07) is 5.34. The van der Waals surface area contributed by atoms with Gasteiger partial charge in [0, 0.05) is 23.4 Å². The zero-order valence-electron chi connectivity index (χ0n) is 12.2. The summed E-state index contributed by atoms with van der Waals surface area (Å²) in [5.74, 6) is 1.29. The van der Waals surface area contributed by atoms with Gasteiger partial charge in [0.05, 0.1) is 7.11 Å². The maximum absolute atomic E-state index is 11.5. The van der Waals surface area contributed by atoms with E-state index in [9.17, 15) is 9.59 Å². The highest BCUT2D eigenvalue weighted by molar-refractivity contribution is 7.98. The van der Waals surface area contributed by atoms with Crippen molar-refractivity contribution in [3.05, 3.63) is 39.8 Å². The van der Waals surface area contributed by atoms with Crippen molar-refractivity contribution in [3.8, 4) is 5.75 Å². The van der Waals surface area contributed by atoms with Crippen molar-refractivity contribution in [1.82, 2.24) is 14.8 Å². The molecule has 0 radical (unpaired) electrons. The van der Waals surface area contributed by atoms with Crippen molar-refractivity contribution < 1.29 is 9.53 Å². The van der Waals surface area contributed by atoms with E-state index < -0.39 is 0 Å². The summed E-state index contributed by atoms with van der Waals surface area (Å²) in [7, 11) is 1.59. The van der Waals surface area contributed by atoms with Crippen LogP contribution in [0.25, 0.3) is 0 Å². The number of carbonyl (C=O) groups excluding carboxylic acids is 1. The van der Waals surface area contributed by atoms with E-state index in [0.29, 0.717) is 28.8 Å². The topological polar surface area (TPSA) is 77.0 Å². The predicted octanol–water partition coefficient (Wildman–Crippen LogP) is 2.09. The molecule has 112 valence electrons. The molecule has 0 atom stereocenters. The fourth-order valence-corrected chi connectivity index (χ4v) is 2.93. The Hall–Kier alpha value is -2.02. The summed E-state index contributed by atoms with van der Waals surface area (Å²) in [5.41, 5.74) is 1.32. The molecule has 0 bridgehead atoms. The lowest BCUT2D eigenvalue weighted by Crippen LogP contribution is -2.16. The minimum absolute atomic E-state index is 0.00846. The first kappa shape index (κ1) is 15.4. The highest BCUT2D eigenvalue weighted by Gasteiger charge is 2.11. The Morgan fingerprint density at radius 2 is 2.24 bits per heavy atom. The summed E-state index contributed by atoms with van der Waals surface area (Å²) in [5, 5.41) is 7.05. The van der Waals surface area contributed by atoms with Crippen molar-refractivity contribution in [1.29, 1.82) is 0 Å². The monoisotopic (exact) mass is 307 g/mol. The molecule has 1 aromatic heterocycles. The van der Waals surface area contributed by atoms with Gasteiger partial charge in [-0.15, -0.1) is 5.10 Å². The molecule has 0 amide bonds. The normalized spacial score (nSPS) is 10.6.